The molecule has 3 heteroatoms. The molecule has 0 saturated heterocycles. The molecule has 0 amide bonds. The zero-order valence-corrected chi connectivity index (χ0v) is 26.6. The molecular weight excluding hydrogens is 595 g/mol. The molecule has 8 aromatic carbocycles. The fourth-order valence-corrected chi connectivity index (χ4v) is 8.31. The standard InChI is InChI=1S/C46H29N3/c1-2-14-32(15-3-1)48-42-20-10-6-16-35(42)38-25-26-39-36-17-7-11-21-43(36)49(46(39)45(38)48)34-24-27-44-40(29-34)37-18-8-9-19-41(37)47(44)33-23-22-30-12-4-5-13-31(30)28-33/h1-29H. The summed E-state index contributed by atoms with van der Waals surface area (Å²) in [7, 11) is 0. The summed E-state index contributed by atoms with van der Waals surface area (Å²) in [4.78, 5) is 0. The molecule has 0 atom stereocenters. The lowest BCUT2D eigenvalue weighted by Crippen LogP contribution is -1.99. The number of benzene rings is 8. The second-order valence-corrected chi connectivity index (χ2v) is 13.0. The number of aromatic nitrogens is 3. The van der Waals surface area contributed by atoms with Gasteiger partial charge >= 0.3 is 0 Å². The Morgan fingerprint density at radius 2 is 0.714 bits per heavy atom. The Bertz CT molecular complexity index is 3100. The Labute approximate surface area is 282 Å². The summed E-state index contributed by atoms with van der Waals surface area (Å²) in [5.74, 6) is 0. The van der Waals surface area contributed by atoms with Gasteiger partial charge in [-0.05, 0) is 71.4 Å². The van der Waals surface area contributed by atoms with Crippen LogP contribution in [0.4, 0.5) is 0 Å². The lowest BCUT2D eigenvalue weighted by atomic mass is 10.1. The van der Waals surface area contributed by atoms with Gasteiger partial charge in [-0.15, -0.1) is 0 Å². The van der Waals surface area contributed by atoms with Crippen LogP contribution in [-0.4, -0.2) is 13.7 Å². The van der Waals surface area contributed by atoms with Crippen LogP contribution >= 0.6 is 0 Å². The maximum Gasteiger partial charge on any atom is 0.0788 e. The van der Waals surface area contributed by atoms with Gasteiger partial charge in [-0.3, -0.25) is 0 Å². The highest BCUT2D eigenvalue weighted by molar-refractivity contribution is 6.24. The van der Waals surface area contributed by atoms with Gasteiger partial charge in [0.05, 0.1) is 33.1 Å². The first-order valence-corrected chi connectivity index (χ1v) is 16.9. The van der Waals surface area contributed by atoms with Crippen molar-refractivity contribution < 1.29 is 0 Å². The van der Waals surface area contributed by atoms with Crippen molar-refractivity contribution in [3.05, 3.63) is 176 Å². The van der Waals surface area contributed by atoms with Crippen LogP contribution in [0.2, 0.25) is 0 Å². The van der Waals surface area contributed by atoms with Gasteiger partial charge in [0.15, 0.2) is 0 Å². The number of hydrogen-bond acceptors (Lipinski definition) is 0. The fourth-order valence-electron chi connectivity index (χ4n) is 8.31. The minimum Gasteiger partial charge on any atom is -0.309 e. The second kappa shape index (κ2) is 9.96. The van der Waals surface area contributed by atoms with Crippen LogP contribution in [0.5, 0.6) is 0 Å². The number of para-hydroxylation sites is 4. The van der Waals surface area contributed by atoms with Crippen LogP contribution in [0.15, 0.2) is 176 Å². The van der Waals surface area contributed by atoms with Crippen molar-refractivity contribution in [1.82, 2.24) is 13.7 Å². The van der Waals surface area contributed by atoms with Crippen molar-refractivity contribution in [2.45, 2.75) is 0 Å². The predicted octanol–water partition coefficient (Wildman–Crippen LogP) is 12.1. The third kappa shape index (κ3) is 3.67. The Balaban J connectivity index is 1.27. The first-order chi connectivity index (χ1) is 24.3. The minimum absolute atomic E-state index is 1.15. The molecule has 49 heavy (non-hydrogen) atoms. The van der Waals surface area contributed by atoms with E-state index in [4.69, 9.17) is 0 Å². The summed E-state index contributed by atoms with van der Waals surface area (Å²) >= 11 is 0. The number of hydrogen-bond donors (Lipinski definition) is 0. The molecule has 3 aromatic heterocycles. The van der Waals surface area contributed by atoms with Gasteiger partial charge in [0.2, 0.25) is 0 Å². The molecule has 0 spiro atoms. The highest BCUT2D eigenvalue weighted by atomic mass is 15.0. The van der Waals surface area contributed by atoms with Gasteiger partial charge in [-0.25, -0.2) is 0 Å². The van der Waals surface area contributed by atoms with Crippen LogP contribution < -0.4 is 0 Å². The van der Waals surface area contributed by atoms with Gasteiger partial charge in [-0.2, -0.15) is 0 Å². The summed E-state index contributed by atoms with van der Waals surface area (Å²) in [5.41, 5.74) is 10.7. The summed E-state index contributed by atoms with van der Waals surface area (Å²) in [6.45, 7) is 0. The third-order valence-corrected chi connectivity index (χ3v) is 10.4. The summed E-state index contributed by atoms with van der Waals surface area (Å²) < 4.78 is 7.36. The van der Waals surface area contributed by atoms with E-state index in [0.717, 1.165) is 11.4 Å². The van der Waals surface area contributed by atoms with Crippen molar-refractivity contribution in [2.75, 3.05) is 0 Å². The van der Waals surface area contributed by atoms with E-state index in [9.17, 15) is 0 Å². The maximum absolute atomic E-state index is 2.49. The van der Waals surface area contributed by atoms with Crippen molar-refractivity contribution in [3.8, 4) is 17.1 Å². The summed E-state index contributed by atoms with van der Waals surface area (Å²) in [6.07, 6.45) is 0. The molecule has 228 valence electrons. The number of fused-ring (bicyclic) bond motifs is 11. The van der Waals surface area contributed by atoms with Crippen LogP contribution in [0, 0.1) is 0 Å². The van der Waals surface area contributed by atoms with Crippen molar-refractivity contribution in [2.24, 2.45) is 0 Å². The smallest absolute Gasteiger partial charge is 0.0788 e. The van der Waals surface area contributed by atoms with E-state index < -0.39 is 0 Å². The van der Waals surface area contributed by atoms with E-state index in [1.807, 2.05) is 0 Å². The van der Waals surface area contributed by atoms with Crippen LogP contribution in [0.25, 0.3) is 93.3 Å². The number of nitrogens with zero attached hydrogens (tertiary/aromatic N) is 3. The van der Waals surface area contributed by atoms with Gasteiger partial charge < -0.3 is 13.7 Å². The lowest BCUT2D eigenvalue weighted by Gasteiger charge is -2.13. The fraction of sp³-hybridized carbons (Fsp3) is 0. The van der Waals surface area contributed by atoms with Gasteiger partial charge in [0.25, 0.3) is 0 Å². The first kappa shape index (κ1) is 26.5. The van der Waals surface area contributed by atoms with Crippen LogP contribution in [0.1, 0.15) is 0 Å². The summed E-state index contributed by atoms with van der Waals surface area (Å²) in [6, 6.07) is 64.2. The summed E-state index contributed by atoms with van der Waals surface area (Å²) in [5, 5.41) is 9.99. The van der Waals surface area contributed by atoms with Gasteiger partial charge in [0, 0.05) is 49.4 Å². The SMILES string of the molecule is c1ccc(-n2c3ccccc3c3ccc4c5ccccc5n(-c5ccc6c(c5)c5ccccc5n6-c5ccc6ccccc6c5)c4c32)cc1. The molecule has 0 fully saturated rings. The van der Waals surface area contributed by atoms with E-state index in [1.54, 1.807) is 0 Å². The highest BCUT2D eigenvalue weighted by Gasteiger charge is 2.22. The average Bonchev–Trinajstić information content (AvgIpc) is 3.80. The Hall–Kier alpha value is -6.58. The zero-order valence-electron chi connectivity index (χ0n) is 26.6. The van der Waals surface area contributed by atoms with Gasteiger partial charge in [-0.1, -0.05) is 115 Å². The Morgan fingerprint density at radius 1 is 0.245 bits per heavy atom. The average molecular weight is 624 g/mol. The topological polar surface area (TPSA) is 14.8 Å². The molecule has 3 nitrogen and oxygen atoms in total. The highest BCUT2D eigenvalue weighted by Crippen LogP contribution is 2.42. The molecule has 0 N–H and O–H groups in total. The lowest BCUT2D eigenvalue weighted by molar-refractivity contribution is 1.15. The van der Waals surface area contributed by atoms with E-state index in [0.29, 0.717) is 0 Å². The molecule has 0 aliphatic heterocycles. The maximum atomic E-state index is 2.49. The van der Waals surface area contributed by atoms with E-state index >= 15 is 0 Å². The van der Waals surface area contributed by atoms with E-state index in [2.05, 4.69) is 190 Å². The van der Waals surface area contributed by atoms with E-state index in [-0.39, 0.29) is 0 Å². The molecule has 0 radical (unpaired) electrons. The normalized spacial score (nSPS) is 12.1. The molecule has 0 saturated carbocycles. The molecule has 11 rings (SSSR count). The van der Waals surface area contributed by atoms with Crippen molar-refractivity contribution in [1.29, 1.82) is 0 Å². The molecular formula is C46H29N3. The van der Waals surface area contributed by atoms with Crippen LogP contribution in [-0.2, 0) is 0 Å². The molecule has 11 aromatic rings. The quantitative estimate of drug-likeness (QED) is 0.186. The molecule has 0 unspecified atom stereocenters. The van der Waals surface area contributed by atoms with Crippen molar-refractivity contribution in [3.63, 3.8) is 0 Å². The molecule has 3 heterocycles. The number of rotatable bonds is 3. The monoisotopic (exact) mass is 623 g/mol. The zero-order chi connectivity index (χ0) is 32.1. The minimum atomic E-state index is 1.15. The predicted molar refractivity (Wildman–Crippen MR) is 207 cm³/mol. The van der Waals surface area contributed by atoms with Crippen LogP contribution in [0.3, 0.4) is 0 Å². The molecule has 0 aliphatic rings. The third-order valence-electron chi connectivity index (χ3n) is 10.4. The first-order valence-electron chi connectivity index (χ1n) is 16.9. The largest absolute Gasteiger partial charge is 0.309 e. The van der Waals surface area contributed by atoms with E-state index in [1.165, 1.54) is 81.9 Å². The van der Waals surface area contributed by atoms with Crippen molar-refractivity contribution >= 4 is 76.2 Å². The van der Waals surface area contributed by atoms with Gasteiger partial charge in [0.1, 0.15) is 0 Å². The Morgan fingerprint density at radius 3 is 1.39 bits per heavy atom. The molecule has 0 bridgehead atoms. The molecule has 0 aliphatic carbocycles. The Kier molecular flexibility index (Phi) is 5.38. The second-order valence-electron chi connectivity index (χ2n) is 13.0.